The monoisotopic (exact) mass is 246 g/mol. The Hall–Kier alpha value is 0.0700. The Morgan fingerprint density at radius 2 is 2.12 bits per heavy atom. The normalized spacial score (nSPS) is 31.2. The lowest BCUT2D eigenvalue weighted by molar-refractivity contribution is 0.0945. The third-order valence-electron chi connectivity index (χ3n) is 3.55. The molecule has 0 aromatic rings. The van der Waals surface area contributed by atoms with Gasteiger partial charge in [-0.3, -0.25) is 9.11 Å². The SMILES string of the molecule is CCC1CN(C(C)CS(C)=O)C(CC)CN1. The van der Waals surface area contributed by atoms with Crippen molar-refractivity contribution in [2.75, 3.05) is 25.1 Å². The van der Waals surface area contributed by atoms with Gasteiger partial charge >= 0.3 is 0 Å². The molecule has 0 aromatic carbocycles. The van der Waals surface area contributed by atoms with E-state index in [4.69, 9.17) is 0 Å². The van der Waals surface area contributed by atoms with Crippen molar-refractivity contribution >= 4 is 10.8 Å². The molecule has 1 rings (SSSR count). The van der Waals surface area contributed by atoms with E-state index < -0.39 is 10.8 Å². The quantitative estimate of drug-likeness (QED) is 0.791. The summed E-state index contributed by atoms with van der Waals surface area (Å²) in [6, 6.07) is 1.66. The van der Waals surface area contributed by atoms with E-state index in [2.05, 4.69) is 31.0 Å². The van der Waals surface area contributed by atoms with Crippen LogP contribution >= 0.6 is 0 Å². The first-order valence-corrected chi connectivity index (χ1v) is 8.10. The summed E-state index contributed by atoms with van der Waals surface area (Å²) in [6.45, 7) is 8.86. The molecule has 0 saturated carbocycles. The molecule has 4 heteroatoms. The Morgan fingerprint density at radius 1 is 1.44 bits per heavy atom. The van der Waals surface area contributed by atoms with Gasteiger partial charge in [-0.25, -0.2) is 0 Å². The molecule has 0 bridgehead atoms. The summed E-state index contributed by atoms with van der Waals surface area (Å²) < 4.78 is 11.3. The molecule has 0 aromatic heterocycles. The van der Waals surface area contributed by atoms with Crippen molar-refractivity contribution in [3.8, 4) is 0 Å². The second kappa shape index (κ2) is 6.72. The fourth-order valence-corrected chi connectivity index (χ4v) is 3.39. The zero-order chi connectivity index (χ0) is 12.1. The van der Waals surface area contributed by atoms with Gasteiger partial charge in [0.05, 0.1) is 0 Å². The van der Waals surface area contributed by atoms with Crippen molar-refractivity contribution in [1.82, 2.24) is 10.2 Å². The zero-order valence-electron chi connectivity index (χ0n) is 11.0. The van der Waals surface area contributed by atoms with E-state index in [-0.39, 0.29) is 0 Å². The Balaban J connectivity index is 2.59. The molecule has 1 N–H and O–H groups in total. The number of hydrogen-bond donors (Lipinski definition) is 1. The van der Waals surface area contributed by atoms with Gasteiger partial charge in [0.15, 0.2) is 0 Å². The second-order valence-electron chi connectivity index (χ2n) is 4.86. The number of rotatable bonds is 5. The van der Waals surface area contributed by atoms with Crippen molar-refractivity contribution in [2.24, 2.45) is 0 Å². The maximum absolute atomic E-state index is 11.3. The molecule has 0 spiro atoms. The smallest absolute Gasteiger partial charge is 0.0385 e. The van der Waals surface area contributed by atoms with E-state index in [1.807, 2.05) is 0 Å². The van der Waals surface area contributed by atoms with Crippen LogP contribution in [0.2, 0.25) is 0 Å². The Kier molecular flexibility index (Phi) is 5.94. The fraction of sp³-hybridized carbons (Fsp3) is 1.00. The van der Waals surface area contributed by atoms with Crippen LogP contribution in [0.25, 0.3) is 0 Å². The minimum atomic E-state index is -0.690. The van der Waals surface area contributed by atoms with Crippen LogP contribution in [-0.4, -0.2) is 52.3 Å². The first kappa shape index (κ1) is 14.1. The van der Waals surface area contributed by atoms with Gasteiger partial charge in [0.25, 0.3) is 0 Å². The molecule has 1 saturated heterocycles. The molecule has 0 amide bonds. The highest BCUT2D eigenvalue weighted by Gasteiger charge is 2.29. The highest BCUT2D eigenvalue weighted by atomic mass is 32.2. The predicted octanol–water partition coefficient (Wildman–Crippen LogP) is 1.22. The Bertz CT molecular complexity index is 235. The molecule has 1 aliphatic heterocycles. The molecule has 96 valence electrons. The van der Waals surface area contributed by atoms with Gasteiger partial charge in [-0.1, -0.05) is 13.8 Å². The molecule has 1 heterocycles. The first-order chi connectivity index (χ1) is 7.58. The van der Waals surface area contributed by atoms with Crippen LogP contribution in [0.4, 0.5) is 0 Å². The number of hydrogen-bond acceptors (Lipinski definition) is 3. The lowest BCUT2D eigenvalue weighted by Gasteiger charge is -2.43. The van der Waals surface area contributed by atoms with Crippen LogP contribution in [0, 0.1) is 0 Å². The average Bonchev–Trinajstić information content (AvgIpc) is 2.27. The summed E-state index contributed by atoms with van der Waals surface area (Å²) >= 11 is 0. The van der Waals surface area contributed by atoms with Gasteiger partial charge in [-0.15, -0.1) is 0 Å². The molecule has 0 aliphatic carbocycles. The highest BCUT2D eigenvalue weighted by Crippen LogP contribution is 2.15. The lowest BCUT2D eigenvalue weighted by atomic mass is 10.0. The fourth-order valence-electron chi connectivity index (χ4n) is 2.52. The third-order valence-corrected chi connectivity index (χ3v) is 4.50. The standard InChI is InChI=1S/C12H26N2OS/c1-5-11-8-14(10(3)9-16(4)15)12(6-2)7-13-11/h10-13H,5-9H2,1-4H3. The van der Waals surface area contributed by atoms with Crippen molar-refractivity contribution in [3.05, 3.63) is 0 Å². The van der Waals surface area contributed by atoms with E-state index in [1.165, 1.54) is 12.8 Å². The van der Waals surface area contributed by atoms with E-state index >= 15 is 0 Å². The van der Waals surface area contributed by atoms with Gasteiger partial charge in [-0.05, 0) is 19.8 Å². The van der Waals surface area contributed by atoms with Gasteiger partial charge in [0, 0.05) is 54.0 Å². The molecular formula is C12H26N2OS. The molecule has 1 aliphatic rings. The molecule has 3 nitrogen and oxygen atoms in total. The van der Waals surface area contributed by atoms with Crippen LogP contribution in [0.5, 0.6) is 0 Å². The highest BCUT2D eigenvalue weighted by molar-refractivity contribution is 7.84. The molecular weight excluding hydrogens is 220 g/mol. The number of piperazine rings is 1. The lowest BCUT2D eigenvalue weighted by Crippen LogP contribution is -2.59. The third kappa shape index (κ3) is 3.82. The van der Waals surface area contributed by atoms with Crippen LogP contribution in [-0.2, 0) is 10.8 Å². The first-order valence-electron chi connectivity index (χ1n) is 6.37. The molecule has 0 radical (unpaired) electrons. The van der Waals surface area contributed by atoms with E-state index in [1.54, 1.807) is 6.26 Å². The number of nitrogens with zero attached hydrogens (tertiary/aromatic N) is 1. The van der Waals surface area contributed by atoms with Gasteiger partial charge in [0.2, 0.25) is 0 Å². The summed E-state index contributed by atoms with van der Waals surface area (Å²) in [5.74, 6) is 0.799. The second-order valence-corrected chi connectivity index (χ2v) is 6.34. The van der Waals surface area contributed by atoms with E-state index in [0.717, 1.165) is 18.8 Å². The largest absolute Gasteiger partial charge is 0.311 e. The zero-order valence-corrected chi connectivity index (χ0v) is 11.8. The average molecular weight is 246 g/mol. The summed E-state index contributed by atoms with van der Waals surface area (Å²) in [6.07, 6.45) is 4.15. The van der Waals surface area contributed by atoms with Crippen molar-refractivity contribution < 1.29 is 4.21 Å². The maximum Gasteiger partial charge on any atom is 0.0385 e. The van der Waals surface area contributed by atoms with Gasteiger partial charge in [0.1, 0.15) is 0 Å². The molecule has 16 heavy (non-hydrogen) atoms. The maximum atomic E-state index is 11.3. The van der Waals surface area contributed by atoms with Gasteiger partial charge in [-0.2, -0.15) is 0 Å². The van der Waals surface area contributed by atoms with Crippen LogP contribution in [0.3, 0.4) is 0 Å². The van der Waals surface area contributed by atoms with E-state index in [0.29, 0.717) is 18.1 Å². The summed E-state index contributed by atoms with van der Waals surface area (Å²) in [4.78, 5) is 2.55. The van der Waals surface area contributed by atoms with Gasteiger partial charge < -0.3 is 5.32 Å². The minimum absolute atomic E-state index is 0.437. The van der Waals surface area contributed by atoms with Crippen molar-refractivity contribution in [2.45, 2.75) is 51.7 Å². The van der Waals surface area contributed by atoms with E-state index in [9.17, 15) is 4.21 Å². The topological polar surface area (TPSA) is 32.3 Å². The van der Waals surface area contributed by atoms with Crippen LogP contribution < -0.4 is 5.32 Å². The summed E-state index contributed by atoms with van der Waals surface area (Å²) in [5.41, 5.74) is 0. The predicted molar refractivity (Wildman–Crippen MR) is 71.3 cm³/mol. The minimum Gasteiger partial charge on any atom is -0.311 e. The Morgan fingerprint density at radius 3 is 2.62 bits per heavy atom. The molecule has 4 unspecified atom stereocenters. The van der Waals surface area contributed by atoms with Crippen LogP contribution in [0.1, 0.15) is 33.6 Å². The summed E-state index contributed by atoms with van der Waals surface area (Å²) in [5, 5.41) is 3.59. The Labute approximate surface area is 102 Å². The number of nitrogens with one attached hydrogen (secondary N) is 1. The summed E-state index contributed by atoms with van der Waals surface area (Å²) in [7, 11) is -0.690. The molecule has 1 fully saturated rings. The van der Waals surface area contributed by atoms with Crippen LogP contribution in [0.15, 0.2) is 0 Å². The van der Waals surface area contributed by atoms with Crippen molar-refractivity contribution in [3.63, 3.8) is 0 Å². The van der Waals surface area contributed by atoms with Crippen molar-refractivity contribution in [1.29, 1.82) is 0 Å². The molecule has 4 atom stereocenters.